The molecular formula is C14H18F2N2O. The highest BCUT2D eigenvalue weighted by Crippen LogP contribution is 2.24. The average molecular weight is 268 g/mol. The van der Waals surface area contributed by atoms with Crippen LogP contribution in [0.1, 0.15) is 43.7 Å². The van der Waals surface area contributed by atoms with Gasteiger partial charge in [-0.05, 0) is 18.9 Å². The second-order valence-electron chi connectivity index (χ2n) is 4.98. The normalized spacial score (nSPS) is 18.2. The molecule has 19 heavy (non-hydrogen) atoms. The second-order valence-corrected chi connectivity index (χ2v) is 4.98. The predicted octanol–water partition coefficient (Wildman–Crippen LogP) is 2.41. The molecule has 1 aliphatic rings. The first-order valence-electron chi connectivity index (χ1n) is 6.59. The van der Waals surface area contributed by atoms with E-state index in [2.05, 4.69) is 5.32 Å². The summed E-state index contributed by atoms with van der Waals surface area (Å²) >= 11 is 0. The van der Waals surface area contributed by atoms with E-state index in [4.69, 9.17) is 5.73 Å². The monoisotopic (exact) mass is 268 g/mol. The van der Waals surface area contributed by atoms with E-state index in [0.29, 0.717) is 0 Å². The lowest BCUT2D eigenvalue weighted by molar-refractivity contribution is -0.120. The van der Waals surface area contributed by atoms with Gasteiger partial charge in [-0.3, -0.25) is 10.1 Å². The van der Waals surface area contributed by atoms with Crippen LogP contribution < -0.4 is 11.1 Å². The van der Waals surface area contributed by atoms with E-state index in [1.54, 1.807) is 0 Å². The molecule has 1 amide bonds. The minimum atomic E-state index is -1.00. The van der Waals surface area contributed by atoms with Crippen molar-refractivity contribution in [3.63, 3.8) is 0 Å². The van der Waals surface area contributed by atoms with Crippen LogP contribution in [0.5, 0.6) is 0 Å². The highest BCUT2D eigenvalue weighted by Gasteiger charge is 2.26. The summed E-state index contributed by atoms with van der Waals surface area (Å²) in [5.41, 5.74) is 5.30. The molecule has 0 aromatic heterocycles. The lowest BCUT2D eigenvalue weighted by Gasteiger charge is -2.27. The standard InChI is InChI=1S/C14H18F2N2O/c15-11-8-4-7-10(12(11)16)13(14(17)19)18-9-5-2-1-3-6-9/h4,7-9,13,18H,1-3,5-6H2,(H2,17,19). The van der Waals surface area contributed by atoms with Crippen molar-refractivity contribution in [2.24, 2.45) is 5.73 Å². The third kappa shape index (κ3) is 3.29. The minimum absolute atomic E-state index is 0.0157. The van der Waals surface area contributed by atoms with Gasteiger partial charge in [0.1, 0.15) is 6.04 Å². The van der Waals surface area contributed by atoms with Gasteiger partial charge in [0.05, 0.1) is 0 Å². The van der Waals surface area contributed by atoms with Gasteiger partial charge in [-0.2, -0.15) is 0 Å². The van der Waals surface area contributed by atoms with Crippen LogP contribution >= 0.6 is 0 Å². The number of primary amides is 1. The number of amides is 1. The van der Waals surface area contributed by atoms with Gasteiger partial charge in [0.15, 0.2) is 11.6 Å². The second kappa shape index (κ2) is 6.10. The molecular weight excluding hydrogens is 250 g/mol. The molecule has 1 aromatic carbocycles. The summed E-state index contributed by atoms with van der Waals surface area (Å²) in [6, 6.07) is 2.96. The van der Waals surface area contributed by atoms with Gasteiger partial charge in [-0.15, -0.1) is 0 Å². The van der Waals surface area contributed by atoms with Crippen molar-refractivity contribution < 1.29 is 13.6 Å². The molecule has 104 valence electrons. The zero-order valence-electron chi connectivity index (χ0n) is 10.7. The predicted molar refractivity (Wildman–Crippen MR) is 68.3 cm³/mol. The molecule has 0 saturated heterocycles. The van der Waals surface area contributed by atoms with Crippen molar-refractivity contribution >= 4 is 5.91 Å². The molecule has 2 rings (SSSR count). The third-order valence-corrected chi connectivity index (χ3v) is 3.58. The minimum Gasteiger partial charge on any atom is -0.368 e. The Kier molecular flexibility index (Phi) is 4.47. The van der Waals surface area contributed by atoms with Gasteiger partial charge in [-0.1, -0.05) is 31.4 Å². The fourth-order valence-corrected chi connectivity index (χ4v) is 2.57. The number of benzene rings is 1. The van der Waals surface area contributed by atoms with Gasteiger partial charge < -0.3 is 5.73 Å². The van der Waals surface area contributed by atoms with Crippen molar-refractivity contribution in [1.29, 1.82) is 0 Å². The van der Waals surface area contributed by atoms with Gasteiger partial charge in [0.2, 0.25) is 5.91 Å². The van der Waals surface area contributed by atoms with Crippen LogP contribution in [-0.2, 0) is 4.79 Å². The number of carbonyl (C=O) groups is 1. The molecule has 0 spiro atoms. The maximum atomic E-state index is 13.7. The van der Waals surface area contributed by atoms with E-state index in [0.717, 1.165) is 31.7 Å². The van der Waals surface area contributed by atoms with Gasteiger partial charge in [-0.25, -0.2) is 8.78 Å². The number of nitrogens with one attached hydrogen (secondary N) is 1. The number of rotatable bonds is 4. The van der Waals surface area contributed by atoms with Crippen molar-refractivity contribution in [2.45, 2.75) is 44.2 Å². The molecule has 1 aromatic rings. The summed E-state index contributed by atoms with van der Waals surface area (Å²) in [4.78, 5) is 11.5. The molecule has 0 aliphatic heterocycles. The Bertz CT molecular complexity index is 459. The first kappa shape index (κ1) is 13.9. The molecule has 0 heterocycles. The van der Waals surface area contributed by atoms with Crippen LogP contribution in [0.25, 0.3) is 0 Å². The van der Waals surface area contributed by atoms with Gasteiger partial charge in [0.25, 0.3) is 0 Å². The van der Waals surface area contributed by atoms with E-state index in [9.17, 15) is 13.6 Å². The van der Waals surface area contributed by atoms with Crippen LogP contribution in [0.4, 0.5) is 8.78 Å². The number of nitrogens with two attached hydrogens (primary N) is 1. The molecule has 0 bridgehead atoms. The van der Waals surface area contributed by atoms with Gasteiger partial charge >= 0.3 is 0 Å². The highest BCUT2D eigenvalue weighted by atomic mass is 19.2. The highest BCUT2D eigenvalue weighted by molar-refractivity contribution is 5.81. The lowest BCUT2D eigenvalue weighted by atomic mass is 9.93. The summed E-state index contributed by atoms with van der Waals surface area (Å²) in [6.07, 6.45) is 5.19. The summed E-state index contributed by atoms with van der Waals surface area (Å²) in [5, 5.41) is 3.06. The number of hydrogen-bond acceptors (Lipinski definition) is 2. The van der Waals surface area contributed by atoms with Crippen LogP contribution in [0.3, 0.4) is 0 Å². The molecule has 0 radical (unpaired) electrons. The molecule has 1 atom stereocenters. The van der Waals surface area contributed by atoms with E-state index in [-0.39, 0.29) is 11.6 Å². The Labute approximate surface area is 111 Å². The summed E-state index contributed by atoms with van der Waals surface area (Å²) in [6.45, 7) is 0. The Balaban J connectivity index is 2.19. The molecule has 3 N–H and O–H groups in total. The number of halogens is 2. The summed E-state index contributed by atoms with van der Waals surface area (Å²) in [5.74, 6) is -2.65. The molecule has 3 nitrogen and oxygen atoms in total. The molecule has 1 unspecified atom stereocenters. The largest absolute Gasteiger partial charge is 0.368 e. The van der Waals surface area contributed by atoms with E-state index in [1.807, 2.05) is 0 Å². The third-order valence-electron chi connectivity index (χ3n) is 3.58. The fourth-order valence-electron chi connectivity index (χ4n) is 2.57. The fraction of sp³-hybridized carbons (Fsp3) is 0.500. The first-order chi connectivity index (χ1) is 9.09. The van der Waals surface area contributed by atoms with Crippen LogP contribution in [0.2, 0.25) is 0 Å². The summed E-state index contributed by atoms with van der Waals surface area (Å²) in [7, 11) is 0. The maximum absolute atomic E-state index is 13.7. The van der Waals surface area contributed by atoms with E-state index < -0.39 is 23.6 Å². The number of carbonyl (C=O) groups excluding carboxylic acids is 1. The SMILES string of the molecule is NC(=O)C(NC1CCCCC1)c1cccc(F)c1F. The zero-order chi connectivity index (χ0) is 13.8. The van der Waals surface area contributed by atoms with Crippen LogP contribution in [0.15, 0.2) is 18.2 Å². The van der Waals surface area contributed by atoms with Crippen molar-refractivity contribution in [3.8, 4) is 0 Å². The van der Waals surface area contributed by atoms with Crippen molar-refractivity contribution in [2.75, 3.05) is 0 Å². The molecule has 1 aliphatic carbocycles. The average Bonchev–Trinajstić information content (AvgIpc) is 2.40. The maximum Gasteiger partial charge on any atom is 0.239 e. The van der Waals surface area contributed by atoms with Crippen LogP contribution in [0, 0.1) is 11.6 Å². The Morgan fingerprint density at radius 2 is 1.95 bits per heavy atom. The topological polar surface area (TPSA) is 55.1 Å². The molecule has 1 saturated carbocycles. The smallest absolute Gasteiger partial charge is 0.239 e. The summed E-state index contributed by atoms with van der Waals surface area (Å²) < 4.78 is 27.0. The van der Waals surface area contributed by atoms with Gasteiger partial charge in [0, 0.05) is 11.6 Å². The Morgan fingerprint density at radius 1 is 1.26 bits per heavy atom. The van der Waals surface area contributed by atoms with Crippen molar-refractivity contribution in [3.05, 3.63) is 35.4 Å². The number of hydrogen-bond donors (Lipinski definition) is 2. The van der Waals surface area contributed by atoms with Crippen LogP contribution in [-0.4, -0.2) is 11.9 Å². The zero-order valence-corrected chi connectivity index (χ0v) is 10.7. The Hall–Kier alpha value is -1.49. The van der Waals surface area contributed by atoms with E-state index >= 15 is 0 Å². The van der Waals surface area contributed by atoms with Crippen molar-refractivity contribution in [1.82, 2.24) is 5.32 Å². The Morgan fingerprint density at radius 3 is 2.58 bits per heavy atom. The lowest BCUT2D eigenvalue weighted by Crippen LogP contribution is -2.41. The first-order valence-corrected chi connectivity index (χ1v) is 6.59. The molecule has 1 fully saturated rings. The molecule has 5 heteroatoms. The quantitative estimate of drug-likeness (QED) is 0.881. The van der Waals surface area contributed by atoms with E-state index in [1.165, 1.54) is 18.6 Å².